The number of carbonyl (C=O) groups excluding carboxylic acids is 2. The Morgan fingerprint density at radius 3 is 1.97 bits per heavy atom. The van der Waals surface area contributed by atoms with E-state index in [9.17, 15) is 18.4 Å². The normalized spacial score (nSPS) is 10.6. The summed E-state index contributed by atoms with van der Waals surface area (Å²) >= 11 is 1.46. The van der Waals surface area contributed by atoms with Crippen molar-refractivity contribution in [1.29, 1.82) is 0 Å². The monoisotopic (exact) mass is 426 g/mol. The zero-order chi connectivity index (χ0) is 21.3. The summed E-state index contributed by atoms with van der Waals surface area (Å²) in [5.41, 5.74) is 2.28. The van der Waals surface area contributed by atoms with Gasteiger partial charge in [-0.25, -0.2) is 8.78 Å². The summed E-state index contributed by atoms with van der Waals surface area (Å²) in [5.74, 6) is -2.71. The highest BCUT2D eigenvalue weighted by Crippen LogP contribution is 2.35. The fourth-order valence-corrected chi connectivity index (χ4v) is 3.93. The fraction of sp³-hybridized carbons (Fsp3) is 0.130. The van der Waals surface area contributed by atoms with Gasteiger partial charge in [0.25, 0.3) is 0 Å². The molecule has 0 aliphatic rings. The van der Waals surface area contributed by atoms with Crippen molar-refractivity contribution in [1.82, 2.24) is 5.32 Å². The topological polar surface area (TPSA) is 58.2 Å². The molecule has 0 fully saturated rings. The van der Waals surface area contributed by atoms with Crippen LogP contribution in [0.2, 0.25) is 0 Å². The minimum absolute atomic E-state index is 0.0193. The first kappa shape index (κ1) is 21.5. The van der Waals surface area contributed by atoms with Gasteiger partial charge in [0.15, 0.2) is 11.6 Å². The van der Waals surface area contributed by atoms with E-state index in [0.717, 1.165) is 23.3 Å². The second-order valence-corrected chi connectivity index (χ2v) is 7.56. The molecule has 0 aliphatic carbocycles. The van der Waals surface area contributed by atoms with Gasteiger partial charge >= 0.3 is 0 Å². The highest BCUT2D eigenvalue weighted by Gasteiger charge is 2.16. The highest BCUT2D eigenvalue weighted by atomic mass is 32.2. The van der Waals surface area contributed by atoms with Crippen molar-refractivity contribution in [2.45, 2.75) is 5.25 Å². The number of benzene rings is 3. The van der Waals surface area contributed by atoms with E-state index < -0.39 is 17.5 Å². The molecule has 154 valence electrons. The van der Waals surface area contributed by atoms with E-state index in [2.05, 4.69) is 10.6 Å². The van der Waals surface area contributed by atoms with E-state index in [1.54, 1.807) is 0 Å². The number of nitrogens with one attached hydrogen (secondary N) is 2. The predicted octanol–water partition coefficient (Wildman–Crippen LogP) is 4.54. The van der Waals surface area contributed by atoms with Gasteiger partial charge in [-0.2, -0.15) is 0 Å². The first-order valence-corrected chi connectivity index (χ1v) is 10.3. The van der Waals surface area contributed by atoms with Gasteiger partial charge in [0.2, 0.25) is 11.8 Å². The molecule has 2 amide bonds. The molecule has 0 radical (unpaired) electrons. The van der Waals surface area contributed by atoms with Crippen molar-refractivity contribution < 1.29 is 18.4 Å². The molecule has 0 unspecified atom stereocenters. The number of thioether (sulfide) groups is 1. The van der Waals surface area contributed by atoms with E-state index in [1.807, 2.05) is 60.7 Å². The third kappa shape index (κ3) is 6.15. The van der Waals surface area contributed by atoms with Gasteiger partial charge in [0, 0.05) is 11.8 Å². The lowest BCUT2D eigenvalue weighted by Crippen LogP contribution is -2.34. The summed E-state index contributed by atoms with van der Waals surface area (Å²) in [5, 5.41) is 4.94. The Bertz CT molecular complexity index is 961. The van der Waals surface area contributed by atoms with Gasteiger partial charge in [-0.05, 0) is 23.3 Å². The van der Waals surface area contributed by atoms with Crippen LogP contribution >= 0.6 is 11.8 Å². The van der Waals surface area contributed by atoms with Crippen molar-refractivity contribution >= 4 is 29.3 Å². The number of hydrogen-bond donors (Lipinski definition) is 2. The molecule has 0 aliphatic heterocycles. The molecule has 2 N–H and O–H groups in total. The van der Waals surface area contributed by atoms with E-state index in [0.29, 0.717) is 0 Å². The summed E-state index contributed by atoms with van der Waals surface area (Å²) < 4.78 is 26.1. The van der Waals surface area contributed by atoms with Crippen LogP contribution < -0.4 is 10.6 Å². The molecule has 3 aromatic carbocycles. The van der Waals surface area contributed by atoms with Gasteiger partial charge < -0.3 is 10.6 Å². The molecule has 0 bridgehead atoms. The molecular formula is C23H20F2N2O2S. The van der Waals surface area contributed by atoms with Gasteiger partial charge in [0.1, 0.15) is 0 Å². The van der Waals surface area contributed by atoms with Crippen LogP contribution in [0.25, 0.3) is 0 Å². The number of hydrogen-bond acceptors (Lipinski definition) is 3. The maximum absolute atomic E-state index is 13.2. The number of anilines is 1. The molecule has 0 atom stereocenters. The van der Waals surface area contributed by atoms with E-state index in [1.165, 1.54) is 17.8 Å². The molecule has 3 aromatic rings. The van der Waals surface area contributed by atoms with Gasteiger partial charge in [0.05, 0.1) is 17.5 Å². The van der Waals surface area contributed by atoms with E-state index >= 15 is 0 Å². The first-order chi connectivity index (χ1) is 14.5. The zero-order valence-electron chi connectivity index (χ0n) is 16.0. The smallest absolute Gasteiger partial charge is 0.243 e. The molecule has 0 saturated carbocycles. The van der Waals surface area contributed by atoms with Gasteiger partial charge in [-0.15, -0.1) is 11.8 Å². The SMILES string of the molecule is O=C(CSC(c1ccccc1)c1ccccc1)NCC(=O)Nc1ccc(F)c(F)c1. The lowest BCUT2D eigenvalue weighted by Gasteiger charge is -2.17. The molecule has 0 aromatic heterocycles. The Morgan fingerprint density at radius 2 is 1.40 bits per heavy atom. The largest absolute Gasteiger partial charge is 0.346 e. The van der Waals surface area contributed by atoms with Gasteiger partial charge in [-0.3, -0.25) is 9.59 Å². The minimum atomic E-state index is -1.05. The average Bonchev–Trinajstić information content (AvgIpc) is 2.76. The predicted molar refractivity (Wildman–Crippen MR) is 115 cm³/mol. The van der Waals surface area contributed by atoms with Crippen LogP contribution in [-0.2, 0) is 9.59 Å². The quantitative estimate of drug-likeness (QED) is 0.556. The van der Waals surface area contributed by atoms with E-state index in [4.69, 9.17) is 0 Å². The first-order valence-electron chi connectivity index (χ1n) is 9.26. The Balaban J connectivity index is 1.53. The Hall–Kier alpha value is -3.19. The third-order valence-electron chi connectivity index (χ3n) is 4.24. The molecule has 0 heterocycles. The van der Waals surface area contributed by atoms with Crippen LogP contribution in [-0.4, -0.2) is 24.1 Å². The van der Waals surface area contributed by atoms with Crippen LogP contribution in [0.15, 0.2) is 78.9 Å². The third-order valence-corrected chi connectivity index (χ3v) is 5.54. The van der Waals surface area contributed by atoms with Crippen LogP contribution in [0.3, 0.4) is 0 Å². The highest BCUT2D eigenvalue weighted by molar-refractivity contribution is 8.00. The molecule has 3 rings (SSSR count). The van der Waals surface area contributed by atoms with Crippen molar-refractivity contribution in [3.8, 4) is 0 Å². The van der Waals surface area contributed by atoms with Crippen LogP contribution in [0.1, 0.15) is 16.4 Å². The van der Waals surface area contributed by atoms with Gasteiger partial charge in [-0.1, -0.05) is 60.7 Å². The van der Waals surface area contributed by atoms with E-state index in [-0.39, 0.29) is 29.1 Å². The zero-order valence-corrected chi connectivity index (χ0v) is 16.8. The number of halogens is 2. The average molecular weight is 426 g/mol. The lowest BCUT2D eigenvalue weighted by atomic mass is 10.0. The second kappa shape index (κ2) is 10.5. The van der Waals surface area contributed by atoms with Crippen LogP contribution in [0.5, 0.6) is 0 Å². The molecule has 0 saturated heterocycles. The maximum Gasteiger partial charge on any atom is 0.243 e. The summed E-state index contributed by atoms with van der Waals surface area (Å²) in [7, 11) is 0. The Morgan fingerprint density at radius 1 is 0.800 bits per heavy atom. The van der Waals surface area contributed by atoms with Crippen LogP contribution in [0.4, 0.5) is 14.5 Å². The molecule has 7 heteroatoms. The van der Waals surface area contributed by atoms with Crippen molar-refractivity contribution in [2.75, 3.05) is 17.6 Å². The van der Waals surface area contributed by atoms with Crippen molar-refractivity contribution in [2.24, 2.45) is 0 Å². The summed E-state index contributed by atoms with van der Waals surface area (Å²) in [6.07, 6.45) is 0. The molecule has 4 nitrogen and oxygen atoms in total. The summed E-state index contributed by atoms with van der Waals surface area (Å²) in [6.45, 7) is -0.264. The number of rotatable bonds is 8. The Kier molecular flexibility index (Phi) is 7.57. The number of carbonyl (C=O) groups is 2. The molecule has 30 heavy (non-hydrogen) atoms. The standard InChI is InChI=1S/C23H20F2N2O2S/c24-19-12-11-18(13-20(19)25)27-21(28)14-26-22(29)15-30-23(16-7-3-1-4-8-16)17-9-5-2-6-10-17/h1-13,23H,14-15H2,(H,26,29)(H,27,28). The maximum atomic E-state index is 13.2. The molecular weight excluding hydrogens is 406 g/mol. The summed E-state index contributed by atoms with van der Waals surface area (Å²) in [6, 6.07) is 22.8. The fourth-order valence-electron chi connectivity index (χ4n) is 2.81. The molecule has 0 spiro atoms. The summed E-state index contributed by atoms with van der Waals surface area (Å²) in [4.78, 5) is 24.2. The Labute approximate surface area is 177 Å². The number of amides is 2. The lowest BCUT2D eigenvalue weighted by molar-refractivity contribution is -0.122. The second-order valence-electron chi connectivity index (χ2n) is 6.47. The van der Waals surface area contributed by atoms with Crippen molar-refractivity contribution in [3.05, 3.63) is 102 Å². The minimum Gasteiger partial charge on any atom is -0.346 e. The van der Waals surface area contributed by atoms with Crippen LogP contribution in [0, 0.1) is 11.6 Å². The van der Waals surface area contributed by atoms with Crippen molar-refractivity contribution in [3.63, 3.8) is 0 Å².